The Morgan fingerprint density at radius 2 is 1.85 bits per heavy atom. The number of carbonyl (C=O) groups is 2. The molecule has 0 spiro atoms. The lowest BCUT2D eigenvalue weighted by atomic mass is 10.0. The summed E-state index contributed by atoms with van der Waals surface area (Å²) in [5.41, 5.74) is 3.14. The largest absolute Gasteiger partial charge is 0.480 e. The average Bonchev–Trinajstić information content (AvgIpc) is 2.75. The van der Waals surface area contributed by atoms with E-state index in [9.17, 15) is 9.59 Å². The zero-order valence-corrected chi connectivity index (χ0v) is 21.2. The number of esters is 2. The molecule has 1 unspecified atom stereocenters. The van der Waals surface area contributed by atoms with Gasteiger partial charge in [-0.2, -0.15) is 0 Å². The highest BCUT2D eigenvalue weighted by molar-refractivity contribution is 6.35. The van der Waals surface area contributed by atoms with Crippen molar-refractivity contribution in [2.24, 2.45) is 0 Å². The molecule has 7 heteroatoms. The number of hydrogen-bond donors (Lipinski definition) is 0. The van der Waals surface area contributed by atoms with E-state index < -0.39 is 12.1 Å². The first kappa shape index (κ1) is 28.5. The fourth-order valence-electron chi connectivity index (χ4n) is 2.78. The number of ether oxygens (including phenoxy) is 3. The lowest BCUT2D eigenvalue weighted by Crippen LogP contribution is -2.23. The molecule has 1 atom stereocenters. The minimum absolute atomic E-state index is 0.254. The highest BCUT2D eigenvalue weighted by atomic mass is 35.5. The Labute approximate surface area is 206 Å². The quantitative estimate of drug-likeness (QED) is 0.127. The van der Waals surface area contributed by atoms with Gasteiger partial charge in [-0.1, -0.05) is 59.2 Å². The predicted molar refractivity (Wildman–Crippen MR) is 134 cm³/mol. The zero-order chi connectivity index (χ0) is 24.8. The van der Waals surface area contributed by atoms with E-state index in [-0.39, 0.29) is 12.6 Å². The molecule has 0 saturated heterocycles. The number of benzene rings is 1. The Hall–Kier alpha value is -2.50. The van der Waals surface area contributed by atoms with E-state index in [0.29, 0.717) is 22.2 Å². The minimum atomic E-state index is -0.489. The van der Waals surface area contributed by atoms with Crippen LogP contribution in [-0.4, -0.2) is 31.8 Å². The number of halogens is 2. The maximum atomic E-state index is 12.2. The van der Waals surface area contributed by atoms with E-state index in [0.717, 1.165) is 30.4 Å². The van der Waals surface area contributed by atoms with Crippen molar-refractivity contribution in [1.29, 1.82) is 0 Å². The van der Waals surface area contributed by atoms with Gasteiger partial charge in [0.2, 0.25) is 0 Å². The number of methoxy groups -OCH3 is 1. The highest BCUT2D eigenvalue weighted by Gasteiger charge is 2.16. The second kappa shape index (κ2) is 15.4. The van der Waals surface area contributed by atoms with Crippen LogP contribution in [0.5, 0.6) is 5.75 Å². The van der Waals surface area contributed by atoms with Crippen molar-refractivity contribution in [3.63, 3.8) is 0 Å². The first-order valence-corrected chi connectivity index (χ1v) is 11.4. The normalized spacial score (nSPS) is 13.0. The third-order valence-corrected chi connectivity index (χ3v) is 5.24. The summed E-state index contributed by atoms with van der Waals surface area (Å²) in [6, 6.07) is 4.79. The van der Waals surface area contributed by atoms with Crippen LogP contribution in [-0.2, 0) is 19.1 Å². The first-order valence-electron chi connectivity index (χ1n) is 10.6. The number of rotatable bonds is 13. The van der Waals surface area contributed by atoms with Gasteiger partial charge < -0.3 is 14.2 Å². The van der Waals surface area contributed by atoms with Crippen molar-refractivity contribution < 1.29 is 23.8 Å². The van der Waals surface area contributed by atoms with Crippen LogP contribution in [0.1, 0.15) is 46.5 Å². The van der Waals surface area contributed by atoms with Gasteiger partial charge in [-0.3, -0.25) is 0 Å². The van der Waals surface area contributed by atoms with Gasteiger partial charge in [0, 0.05) is 11.1 Å². The SMILES string of the molecule is C=C(C)C(CC/C(C)=C/CC/C(C)=C/C=C/C(=O)OC)OC(=O)COc1ccc(Cl)cc1Cl. The van der Waals surface area contributed by atoms with Crippen molar-refractivity contribution in [2.45, 2.75) is 52.6 Å². The third-order valence-electron chi connectivity index (χ3n) is 4.71. The minimum Gasteiger partial charge on any atom is -0.480 e. The molecule has 0 aliphatic rings. The molecule has 1 aromatic carbocycles. The summed E-state index contributed by atoms with van der Waals surface area (Å²) in [6.45, 7) is 9.59. The molecule has 0 aliphatic heterocycles. The van der Waals surface area contributed by atoms with Gasteiger partial charge in [0.1, 0.15) is 11.9 Å². The Balaban J connectivity index is 2.47. The van der Waals surface area contributed by atoms with Crippen molar-refractivity contribution in [1.82, 2.24) is 0 Å². The van der Waals surface area contributed by atoms with E-state index in [1.165, 1.54) is 18.8 Å². The molecule has 0 aromatic heterocycles. The molecule has 0 radical (unpaired) electrons. The van der Waals surface area contributed by atoms with Gasteiger partial charge >= 0.3 is 11.9 Å². The molecule has 5 nitrogen and oxygen atoms in total. The summed E-state index contributed by atoms with van der Waals surface area (Å²) in [7, 11) is 1.35. The lowest BCUT2D eigenvalue weighted by Gasteiger charge is -2.18. The molecule has 0 N–H and O–H groups in total. The second-order valence-corrected chi connectivity index (χ2v) is 8.56. The van der Waals surface area contributed by atoms with Crippen LogP contribution in [0.2, 0.25) is 10.0 Å². The summed E-state index contributed by atoms with van der Waals surface area (Å²) in [4.78, 5) is 23.3. The highest BCUT2D eigenvalue weighted by Crippen LogP contribution is 2.27. The van der Waals surface area contributed by atoms with Gasteiger partial charge in [0.15, 0.2) is 6.61 Å². The summed E-state index contributed by atoms with van der Waals surface area (Å²) < 4.78 is 15.5. The molecular formula is C26H32Cl2O5. The third kappa shape index (κ3) is 12.4. The molecule has 0 fully saturated rings. The molecule has 180 valence electrons. The summed E-state index contributed by atoms with van der Waals surface area (Å²) in [6.07, 6.45) is 9.93. The van der Waals surface area contributed by atoms with Crippen LogP contribution >= 0.6 is 23.2 Å². The monoisotopic (exact) mass is 494 g/mol. The maximum Gasteiger partial charge on any atom is 0.344 e. The van der Waals surface area contributed by atoms with Crippen molar-refractivity contribution >= 4 is 35.1 Å². The summed E-state index contributed by atoms with van der Waals surface area (Å²) in [5.74, 6) is -0.492. The Kier molecular flexibility index (Phi) is 13.3. The molecule has 0 amide bonds. The fourth-order valence-corrected chi connectivity index (χ4v) is 3.24. The van der Waals surface area contributed by atoms with Crippen LogP contribution in [0.4, 0.5) is 0 Å². The van der Waals surface area contributed by atoms with Gasteiger partial charge in [-0.25, -0.2) is 9.59 Å². The molecule has 0 saturated carbocycles. The maximum absolute atomic E-state index is 12.2. The molecular weight excluding hydrogens is 463 g/mol. The van der Waals surface area contributed by atoms with E-state index in [2.05, 4.69) is 24.3 Å². The van der Waals surface area contributed by atoms with E-state index >= 15 is 0 Å². The molecule has 0 bridgehead atoms. The smallest absolute Gasteiger partial charge is 0.344 e. The Morgan fingerprint density at radius 1 is 1.12 bits per heavy atom. The van der Waals surface area contributed by atoms with Crippen molar-refractivity contribution in [2.75, 3.05) is 13.7 Å². The molecule has 0 heterocycles. The lowest BCUT2D eigenvalue weighted by molar-refractivity contribution is -0.150. The fraction of sp³-hybridized carbons (Fsp3) is 0.385. The van der Waals surface area contributed by atoms with E-state index in [1.54, 1.807) is 24.3 Å². The van der Waals surface area contributed by atoms with Crippen molar-refractivity contribution in [3.8, 4) is 5.75 Å². The van der Waals surface area contributed by atoms with Gasteiger partial charge in [-0.05, 0) is 70.2 Å². The molecule has 1 rings (SSSR count). The molecule has 1 aromatic rings. The van der Waals surface area contributed by atoms with Crippen molar-refractivity contribution in [3.05, 3.63) is 75.8 Å². The summed E-state index contributed by atoms with van der Waals surface area (Å²) in [5, 5.41) is 0.819. The topological polar surface area (TPSA) is 61.8 Å². The van der Waals surface area contributed by atoms with Crippen LogP contribution in [0.15, 0.2) is 65.8 Å². The predicted octanol–water partition coefficient (Wildman–Crippen LogP) is 7.04. The molecule has 0 aliphatic carbocycles. The van der Waals surface area contributed by atoms with Gasteiger partial charge in [0.05, 0.1) is 12.1 Å². The first-order chi connectivity index (χ1) is 15.6. The van der Waals surface area contributed by atoms with Crippen LogP contribution in [0.3, 0.4) is 0 Å². The van der Waals surface area contributed by atoms with E-state index in [1.807, 2.05) is 19.9 Å². The van der Waals surface area contributed by atoms with Gasteiger partial charge in [-0.15, -0.1) is 0 Å². The zero-order valence-electron chi connectivity index (χ0n) is 19.7. The summed E-state index contributed by atoms with van der Waals surface area (Å²) >= 11 is 11.9. The standard InChI is InChI=1S/C26H32Cl2O5/c1-18(2)23(33-26(30)17-32-24-15-13-21(27)16-22(24)28)14-12-20(4)9-6-8-19(3)10-7-11-25(29)31-5/h7,9-11,13,15-16,23H,1,6,8,12,14,17H2,2-5H3/b11-7+,19-10+,20-9+. The Bertz CT molecular complexity index is 915. The number of hydrogen-bond acceptors (Lipinski definition) is 5. The average molecular weight is 495 g/mol. The molecule has 33 heavy (non-hydrogen) atoms. The van der Waals surface area contributed by atoms with Crippen LogP contribution < -0.4 is 4.74 Å². The van der Waals surface area contributed by atoms with E-state index in [4.69, 9.17) is 32.7 Å². The van der Waals surface area contributed by atoms with Crippen LogP contribution in [0, 0.1) is 0 Å². The number of allylic oxidation sites excluding steroid dienone is 5. The van der Waals surface area contributed by atoms with Crippen LogP contribution in [0.25, 0.3) is 0 Å². The Morgan fingerprint density at radius 3 is 2.48 bits per heavy atom. The van der Waals surface area contributed by atoms with Gasteiger partial charge in [0.25, 0.3) is 0 Å². The second-order valence-electron chi connectivity index (χ2n) is 7.71. The number of carbonyl (C=O) groups excluding carboxylic acids is 2.